The van der Waals surface area contributed by atoms with E-state index >= 15 is 0 Å². The number of ether oxygens (including phenoxy) is 1. The summed E-state index contributed by atoms with van der Waals surface area (Å²) in [6.07, 6.45) is 2.12. The van der Waals surface area contributed by atoms with Crippen LogP contribution in [0, 0.1) is 0 Å². The average Bonchev–Trinajstić information content (AvgIpc) is 3.61. The van der Waals surface area contributed by atoms with E-state index in [2.05, 4.69) is 26.8 Å². The predicted molar refractivity (Wildman–Crippen MR) is 144 cm³/mol. The number of nitrogens with zero attached hydrogens (tertiary/aromatic N) is 7. The van der Waals surface area contributed by atoms with Gasteiger partial charge in [0.15, 0.2) is 11.5 Å². The maximum absolute atomic E-state index is 13.1. The lowest BCUT2D eigenvalue weighted by Crippen LogP contribution is -2.20. The summed E-state index contributed by atoms with van der Waals surface area (Å²) in [5, 5.41) is 0. The minimum atomic E-state index is -4.48. The van der Waals surface area contributed by atoms with Crippen molar-refractivity contribution in [3.05, 3.63) is 65.0 Å². The van der Waals surface area contributed by atoms with Crippen molar-refractivity contribution >= 4 is 5.82 Å². The highest BCUT2D eigenvalue weighted by molar-refractivity contribution is 5.69. The number of alkyl halides is 3. The molecule has 8 nitrogen and oxygen atoms in total. The Labute approximate surface area is 230 Å². The third-order valence-corrected chi connectivity index (χ3v) is 7.69. The van der Waals surface area contributed by atoms with Gasteiger partial charge in [0.05, 0.1) is 18.5 Å². The summed E-state index contributed by atoms with van der Waals surface area (Å²) in [7, 11) is 5.16. The average molecular weight is 550 g/mol. The Hall–Kier alpha value is -4.02. The first-order valence-electron chi connectivity index (χ1n) is 13.3. The van der Waals surface area contributed by atoms with Gasteiger partial charge in [0.2, 0.25) is 5.88 Å². The van der Waals surface area contributed by atoms with E-state index in [1.807, 2.05) is 19.2 Å². The van der Waals surface area contributed by atoms with Crippen LogP contribution in [0.3, 0.4) is 0 Å². The zero-order chi connectivity index (χ0) is 28.2. The van der Waals surface area contributed by atoms with Crippen LogP contribution in [0.25, 0.3) is 22.8 Å². The minimum absolute atomic E-state index is 0.268. The SMILES string of the molecule is COc1ncnc(C2CC2)c1-c1nc2c(c(N(C)Cc3ccc(-c4nc(C(F)(F)F)cn4C)cc3)n1)CCC2C. The van der Waals surface area contributed by atoms with Gasteiger partial charge in [-0.05, 0) is 37.2 Å². The van der Waals surface area contributed by atoms with Crippen molar-refractivity contribution in [3.8, 4) is 28.7 Å². The summed E-state index contributed by atoms with van der Waals surface area (Å²) in [6, 6.07) is 7.44. The van der Waals surface area contributed by atoms with Crippen LogP contribution in [0.1, 0.15) is 66.2 Å². The van der Waals surface area contributed by atoms with E-state index in [1.165, 1.54) is 10.9 Å². The second kappa shape index (κ2) is 9.87. The highest BCUT2D eigenvalue weighted by atomic mass is 19.4. The third-order valence-electron chi connectivity index (χ3n) is 7.69. The highest BCUT2D eigenvalue weighted by Crippen LogP contribution is 2.46. The Kier molecular flexibility index (Phi) is 6.47. The Morgan fingerprint density at radius 3 is 2.42 bits per heavy atom. The topological polar surface area (TPSA) is 81.9 Å². The summed E-state index contributed by atoms with van der Waals surface area (Å²) in [5.41, 5.74) is 4.60. The van der Waals surface area contributed by atoms with E-state index in [1.54, 1.807) is 26.3 Å². The van der Waals surface area contributed by atoms with E-state index in [0.29, 0.717) is 35.6 Å². The van der Waals surface area contributed by atoms with Crippen molar-refractivity contribution in [2.45, 2.75) is 57.2 Å². The minimum Gasteiger partial charge on any atom is -0.480 e. The molecule has 0 amide bonds. The quantitative estimate of drug-likeness (QED) is 0.283. The summed E-state index contributed by atoms with van der Waals surface area (Å²) in [6.45, 7) is 2.75. The van der Waals surface area contributed by atoms with Gasteiger partial charge in [-0.25, -0.2) is 24.9 Å². The first-order chi connectivity index (χ1) is 19.1. The van der Waals surface area contributed by atoms with Crippen molar-refractivity contribution in [1.82, 2.24) is 29.5 Å². The molecule has 1 unspecified atom stereocenters. The van der Waals surface area contributed by atoms with E-state index in [0.717, 1.165) is 65.8 Å². The molecule has 3 aromatic heterocycles. The molecule has 0 bridgehead atoms. The smallest absolute Gasteiger partial charge is 0.434 e. The molecule has 3 heterocycles. The van der Waals surface area contributed by atoms with Crippen molar-refractivity contribution in [2.75, 3.05) is 19.1 Å². The van der Waals surface area contributed by atoms with Crippen LogP contribution in [0.2, 0.25) is 0 Å². The Bertz CT molecular complexity index is 1560. The first kappa shape index (κ1) is 26.2. The molecular weight excluding hydrogens is 519 g/mol. The lowest BCUT2D eigenvalue weighted by Gasteiger charge is -2.23. The molecular formula is C29H30F3N7O. The number of aromatic nitrogens is 6. The van der Waals surface area contributed by atoms with Crippen LogP contribution in [0.4, 0.5) is 19.0 Å². The molecule has 11 heteroatoms. The van der Waals surface area contributed by atoms with Crippen LogP contribution >= 0.6 is 0 Å². The largest absolute Gasteiger partial charge is 0.480 e. The summed E-state index contributed by atoms with van der Waals surface area (Å²) < 4.78 is 46.4. The second-order valence-corrected chi connectivity index (χ2v) is 10.7. The van der Waals surface area contributed by atoms with Crippen LogP contribution < -0.4 is 9.64 Å². The van der Waals surface area contributed by atoms with Gasteiger partial charge in [0.25, 0.3) is 0 Å². The number of benzene rings is 1. The number of anilines is 1. The van der Waals surface area contributed by atoms with Crippen LogP contribution in [-0.2, 0) is 26.2 Å². The molecule has 1 atom stereocenters. The Morgan fingerprint density at radius 2 is 1.77 bits per heavy atom. The molecule has 0 saturated heterocycles. The van der Waals surface area contributed by atoms with Gasteiger partial charge in [-0.3, -0.25) is 0 Å². The standard InChI is InChI=1S/C29H30F3N7O/c1-16-5-12-20-23(16)36-25(22-24(18-10-11-18)33-15-34-28(22)40-4)37-27(20)38(2)13-17-6-8-19(9-7-17)26-35-21(14-39(26)3)29(30,31)32/h6-9,14-16,18H,5,10-13H2,1-4H3. The zero-order valence-corrected chi connectivity index (χ0v) is 22.8. The number of methoxy groups -OCH3 is 1. The molecule has 0 spiro atoms. The molecule has 2 aliphatic rings. The van der Waals surface area contributed by atoms with E-state index in [4.69, 9.17) is 14.7 Å². The Morgan fingerprint density at radius 1 is 1.02 bits per heavy atom. The maximum atomic E-state index is 13.1. The fourth-order valence-electron chi connectivity index (χ4n) is 5.45. The third kappa shape index (κ3) is 4.77. The molecule has 1 aromatic carbocycles. The fourth-order valence-corrected chi connectivity index (χ4v) is 5.45. The molecule has 0 aliphatic heterocycles. The number of halogens is 3. The number of rotatable bonds is 7. The van der Waals surface area contributed by atoms with Gasteiger partial charge in [0, 0.05) is 43.9 Å². The number of hydrogen-bond donors (Lipinski definition) is 0. The van der Waals surface area contributed by atoms with Gasteiger partial charge in [-0.1, -0.05) is 31.2 Å². The van der Waals surface area contributed by atoms with Gasteiger partial charge in [-0.2, -0.15) is 13.2 Å². The van der Waals surface area contributed by atoms with Gasteiger partial charge in [-0.15, -0.1) is 0 Å². The Balaban J connectivity index is 1.32. The normalized spacial score (nSPS) is 16.7. The highest BCUT2D eigenvalue weighted by Gasteiger charge is 2.35. The number of aryl methyl sites for hydroxylation is 1. The number of imidazole rings is 1. The van der Waals surface area contributed by atoms with Crippen LogP contribution in [0.15, 0.2) is 36.8 Å². The van der Waals surface area contributed by atoms with Gasteiger partial charge in [0.1, 0.15) is 23.5 Å². The molecule has 208 valence electrons. The van der Waals surface area contributed by atoms with Crippen LogP contribution in [-0.4, -0.2) is 43.6 Å². The zero-order valence-electron chi connectivity index (χ0n) is 22.8. The van der Waals surface area contributed by atoms with Crippen molar-refractivity contribution < 1.29 is 17.9 Å². The number of hydrogen-bond acceptors (Lipinski definition) is 7. The van der Waals surface area contributed by atoms with Crippen molar-refractivity contribution in [1.29, 1.82) is 0 Å². The lowest BCUT2D eigenvalue weighted by molar-refractivity contribution is -0.140. The maximum Gasteiger partial charge on any atom is 0.434 e. The molecule has 0 radical (unpaired) electrons. The van der Waals surface area contributed by atoms with Crippen LogP contribution in [0.5, 0.6) is 5.88 Å². The molecule has 4 aromatic rings. The lowest BCUT2D eigenvalue weighted by atomic mass is 10.1. The summed E-state index contributed by atoms with van der Waals surface area (Å²) >= 11 is 0. The molecule has 6 rings (SSSR count). The molecule has 40 heavy (non-hydrogen) atoms. The number of fused-ring (bicyclic) bond motifs is 1. The fraction of sp³-hybridized carbons (Fsp3) is 0.414. The van der Waals surface area contributed by atoms with E-state index < -0.39 is 11.9 Å². The monoisotopic (exact) mass is 549 g/mol. The van der Waals surface area contributed by atoms with E-state index in [9.17, 15) is 13.2 Å². The summed E-state index contributed by atoms with van der Waals surface area (Å²) in [4.78, 5) is 24.9. The second-order valence-electron chi connectivity index (χ2n) is 10.7. The van der Waals surface area contributed by atoms with Gasteiger partial charge >= 0.3 is 6.18 Å². The van der Waals surface area contributed by atoms with E-state index in [-0.39, 0.29) is 5.82 Å². The molecule has 1 fully saturated rings. The van der Waals surface area contributed by atoms with Crippen molar-refractivity contribution in [3.63, 3.8) is 0 Å². The van der Waals surface area contributed by atoms with Crippen molar-refractivity contribution in [2.24, 2.45) is 7.05 Å². The molecule has 2 aliphatic carbocycles. The molecule has 1 saturated carbocycles. The first-order valence-corrected chi connectivity index (χ1v) is 13.3. The van der Waals surface area contributed by atoms with Gasteiger partial charge < -0.3 is 14.2 Å². The molecule has 0 N–H and O–H groups in total. The predicted octanol–water partition coefficient (Wildman–Crippen LogP) is 5.93. The summed E-state index contributed by atoms with van der Waals surface area (Å²) in [5.74, 6) is 2.87.